The van der Waals surface area contributed by atoms with E-state index in [4.69, 9.17) is 5.73 Å². The smallest absolute Gasteiger partial charge is 0.242 e. The van der Waals surface area contributed by atoms with E-state index in [0.717, 1.165) is 24.6 Å². The third kappa shape index (κ3) is 4.56. The van der Waals surface area contributed by atoms with Crippen LogP contribution in [0.25, 0.3) is 0 Å². The molecule has 1 unspecified atom stereocenters. The second kappa shape index (κ2) is 8.14. The van der Waals surface area contributed by atoms with Gasteiger partial charge in [-0.3, -0.25) is 14.6 Å². The third-order valence-electron chi connectivity index (χ3n) is 3.57. The molecule has 2 rings (SSSR count). The average molecular weight is 341 g/mol. The molecule has 1 aromatic heterocycles. The number of carbonyl (C=O) groups excluding carboxylic acids is 1. The van der Waals surface area contributed by atoms with Crippen molar-refractivity contribution in [1.82, 2.24) is 9.88 Å². The first-order valence-electron chi connectivity index (χ1n) is 6.12. The summed E-state index contributed by atoms with van der Waals surface area (Å²) in [5, 5.41) is 2.63. The monoisotopic (exact) mass is 340 g/mol. The normalized spacial score (nSPS) is 21.9. The molecule has 5 nitrogen and oxygen atoms in total. The summed E-state index contributed by atoms with van der Waals surface area (Å²) >= 11 is 1.48. The molecular formula is C12H22Cl2N4OS. The molecule has 1 aromatic rings. The SMILES string of the molecule is CN(C(=O)CN1CCC(C)(CN)C1)c1nccs1.Cl.Cl. The molecule has 0 saturated carbocycles. The molecule has 2 heterocycles. The fourth-order valence-electron chi connectivity index (χ4n) is 2.21. The molecule has 0 spiro atoms. The molecule has 20 heavy (non-hydrogen) atoms. The highest BCUT2D eigenvalue weighted by Crippen LogP contribution is 2.28. The van der Waals surface area contributed by atoms with Crippen molar-refractivity contribution in [3.63, 3.8) is 0 Å². The third-order valence-corrected chi connectivity index (χ3v) is 4.42. The largest absolute Gasteiger partial charge is 0.330 e. The number of carbonyl (C=O) groups is 1. The Morgan fingerprint density at radius 3 is 2.80 bits per heavy atom. The van der Waals surface area contributed by atoms with Crippen molar-refractivity contribution in [2.24, 2.45) is 11.1 Å². The fourth-order valence-corrected chi connectivity index (χ4v) is 2.84. The van der Waals surface area contributed by atoms with Gasteiger partial charge in [-0.05, 0) is 24.9 Å². The number of likely N-dealkylation sites (tertiary alicyclic amines) is 1. The minimum Gasteiger partial charge on any atom is -0.330 e. The maximum absolute atomic E-state index is 12.1. The van der Waals surface area contributed by atoms with Crippen LogP contribution >= 0.6 is 36.2 Å². The van der Waals surface area contributed by atoms with E-state index in [1.807, 2.05) is 5.38 Å². The van der Waals surface area contributed by atoms with Gasteiger partial charge in [0.15, 0.2) is 5.13 Å². The maximum Gasteiger partial charge on any atom is 0.242 e. The number of amides is 1. The van der Waals surface area contributed by atoms with Gasteiger partial charge in [0.2, 0.25) is 5.91 Å². The summed E-state index contributed by atoms with van der Waals surface area (Å²) in [5.41, 5.74) is 5.93. The average Bonchev–Trinajstić information content (AvgIpc) is 2.99. The molecule has 1 saturated heterocycles. The number of hydrogen-bond acceptors (Lipinski definition) is 5. The van der Waals surface area contributed by atoms with Crippen LogP contribution in [0, 0.1) is 5.41 Å². The minimum atomic E-state index is 0. The van der Waals surface area contributed by atoms with Gasteiger partial charge in [-0.25, -0.2) is 4.98 Å². The lowest BCUT2D eigenvalue weighted by atomic mass is 9.90. The lowest BCUT2D eigenvalue weighted by molar-refractivity contribution is -0.119. The highest BCUT2D eigenvalue weighted by molar-refractivity contribution is 7.13. The number of hydrogen-bond donors (Lipinski definition) is 1. The molecule has 1 aliphatic rings. The molecule has 1 amide bonds. The Labute approximate surface area is 136 Å². The van der Waals surface area contributed by atoms with E-state index < -0.39 is 0 Å². The first kappa shape index (κ1) is 19.6. The molecule has 1 atom stereocenters. The second-order valence-electron chi connectivity index (χ2n) is 5.24. The van der Waals surface area contributed by atoms with Crippen molar-refractivity contribution in [1.29, 1.82) is 0 Å². The topological polar surface area (TPSA) is 62.5 Å². The quantitative estimate of drug-likeness (QED) is 0.904. The Kier molecular flexibility index (Phi) is 7.98. The zero-order chi connectivity index (χ0) is 13.2. The van der Waals surface area contributed by atoms with E-state index in [9.17, 15) is 4.79 Å². The van der Waals surface area contributed by atoms with Crippen molar-refractivity contribution in [3.8, 4) is 0 Å². The van der Waals surface area contributed by atoms with Gasteiger partial charge in [0.05, 0.1) is 6.54 Å². The molecule has 116 valence electrons. The summed E-state index contributed by atoms with van der Waals surface area (Å²) < 4.78 is 0. The van der Waals surface area contributed by atoms with Crippen molar-refractivity contribution in [2.45, 2.75) is 13.3 Å². The van der Waals surface area contributed by atoms with Gasteiger partial charge < -0.3 is 5.73 Å². The van der Waals surface area contributed by atoms with E-state index >= 15 is 0 Å². The predicted octanol–water partition coefficient (Wildman–Crippen LogP) is 1.62. The summed E-state index contributed by atoms with van der Waals surface area (Å²) in [4.78, 5) is 20.1. The van der Waals surface area contributed by atoms with Gasteiger partial charge in [-0.1, -0.05) is 6.92 Å². The molecule has 1 fully saturated rings. The first-order chi connectivity index (χ1) is 8.54. The van der Waals surface area contributed by atoms with Crippen molar-refractivity contribution >= 4 is 47.2 Å². The standard InChI is InChI=1S/C12H20N4OS.2ClH/c1-12(8-13)3-5-16(9-12)7-10(17)15(2)11-14-4-6-18-11;;/h4,6H,3,5,7-9,13H2,1-2H3;2*1H. The van der Waals surface area contributed by atoms with Crippen LogP contribution in [0.4, 0.5) is 5.13 Å². The highest BCUT2D eigenvalue weighted by Gasteiger charge is 2.33. The molecular weight excluding hydrogens is 319 g/mol. The van der Waals surface area contributed by atoms with Crippen LogP contribution in [0.3, 0.4) is 0 Å². The number of anilines is 1. The number of aromatic nitrogens is 1. The van der Waals surface area contributed by atoms with E-state index in [1.165, 1.54) is 11.3 Å². The van der Waals surface area contributed by atoms with Crippen LogP contribution in [0.15, 0.2) is 11.6 Å². The lowest BCUT2D eigenvalue weighted by Gasteiger charge is -2.23. The summed E-state index contributed by atoms with van der Waals surface area (Å²) in [6.07, 6.45) is 2.78. The zero-order valence-electron chi connectivity index (χ0n) is 11.7. The fraction of sp³-hybridized carbons (Fsp3) is 0.667. The zero-order valence-corrected chi connectivity index (χ0v) is 14.2. The molecule has 0 radical (unpaired) electrons. The van der Waals surface area contributed by atoms with Crippen molar-refractivity contribution in [2.75, 3.05) is 38.1 Å². The van der Waals surface area contributed by atoms with Gasteiger partial charge in [0.25, 0.3) is 0 Å². The molecule has 2 N–H and O–H groups in total. The minimum absolute atomic E-state index is 0. The summed E-state index contributed by atoms with van der Waals surface area (Å²) in [6, 6.07) is 0. The van der Waals surface area contributed by atoms with Crippen LogP contribution in [0.1, 0.15) is 13.3 Å². The van der Waals surface area contributed by atoms with E-state index in [1.54, 1.807) is 18.1 Å². The van der Waals surface area contributed by atoms with Gasteiger partial charge >= 0.3 is 0 Å². The number of thiazole rings is 1. The molecule has 8 heteroatoms. The second-order valence-corrected chi connectivity index (χ2v) is 6.12. The number of nitrogens with zero attached hydrogens (tertiary/aromatic N) is 3. The Hall–Kier alpha value is -0.400. The Morgan fingerprint density at radius 1 is 1.60 bits per heavy atom. The summed E-state index contributed by atoms with van der Waals surface area (Å²) in [5.74, 6) is 0.0891. The first-order valence-corrected chi connectivity index (χ1v) is 7.00. The van der Waals surface area contributed by atoms with E-state index in [2.05, 4.69) is 16.8 Å². The van der Waals surface area contributed by atoms with Gasteiger partial charge in [-0.2, -0.15) is 0 Å². The molecule has 0 bridgehead atoms. The number of likely N-dealkylation sites (N-methyl/N-ethyl adjacent to an activating group) is 1. The Balaban J connectivity index is 0.00000180. The number of rotatable bonds is 4. The number of nitrogens with two attached hydrogens (primary N) is 1. The molecule has 0 aromatic carbocycles. The van der Waals surface area contributed by atoms with Crippen LogP contribution in [-0.4, -0.2) is 49.0 Å². The number of halogens is 2. The summed E-state index contributed by atoms with van der Waals surface area (Å²) in [6.45, 7) is 5.17. The van der Waals surface area contributed by atoms with E-state index in [-0.39, 0.29) is 36.1 Å². The van der Waals surface area contributed by atoms with Crippen LogP contribution in [0.5, 0.6) is 0 Å². The maximum atomic E-state index is 12.1. The van der Waals surface area contributed by atoms with Gasteiger partial charge in [0, 0.05) is 25.2 Å². The van der Waals surface area contributed by atoms with E-state index in [0.29, 0.717) is 13.1 Å². The molecule has 0 aliphatic carbocycles. The Morgan fingerprint density at radius 2 is 2.30 bits per heavy atom. The predicted molar refractivity (Wildman–Crippen MR) is 88.2 cm³/mol. The van der Waals surface area contributed by atoms with Crippen molar-refractivity contribution < 1.29 is 4.79 Å². The lowest BCUT2D eigenvalue weighted by Crippen LogP contribution is -2.39. The van der Waals surface area contributed by atoms with Gasteiger partial charge in [0.1, 0.15) is 0 Å². The van der Waals surface area contributed by atoms with Crippen LogP contribution in [0.2, 0.25) is 0 Å². The Bertz CT molecular complexity index is 418. The molecule has 1 aliphatic heterocycles. The van der Waals surface area contributed by atoms with Crippen molar-refractivity contribution in [3.05, 3.63) is 11.6 Å². The summed E-state index contributed by atoms with van der Waals surface area (Å²) in [7, 11) is 1.78. The van der Waals surface area contributed by atoms with Gasteiger partial charge in [-0.15, -0.1) is 36.2 Å². The van der Waals surface area contributed by atoms with Crippen LogP contribution in [-0.2, 0) is 4.79 Å². The van der Waals surface area contributed by atoms with Crippen LogP contribution < -0.4 is 10.6 Å². The highest BCUT2D eigenvalue weighted by atomic mass is 35.5.